The number of amidine groups is 1. The van der Waals surface area contributed by atoms with Crippen molar-refractivity contribution in [3.05, 3.63) is 16.6 Å². The average Bonchev–Trinajstić information content (AvgIpc) is 2.73. The first kappa shape index (κ1) is 11.0. The van der Waals surface area contributed by atoms with E-state index in [9.17, 15) is 0 Å². The SMILES string of the molecule is CC1CSC(=NCc2cncs2)NC1C. The van der Waals surface area contributed by atoms with Crippen LogP contribution in [-0.4, -0.2) is 21.9 Å². The molecule has 1 N–H and O–H groups in total. The van der Waals surface area contributed by atoms with Crippen molar-refractivity contribution in [2.24, 2.45) is 10.9 Å². The molecule has 2 atom stereocenters. The van der Waals surface area contributed by atoms with Crippen LogP contribution in [0.2, 0.25) is 0 Å². The fraction of sp³-hybridized carbons (Fsp3) is 0.600. The van der Waals surface area contributed by atoms with Crippen molar-refractivity contribution >= 4 is 28.3 Å². The maximum atomic E-state index is 4.55. The van der Waals surface area contributed by atoms with Crippen LogP contribution in [-0.2, 0) is 6.54 Å². The van der Waals surface area contributed by atoms with E-state index in [1.54, 1.807) is 11.3 Å². The second kappa shape index (κ2) is 4.99. The minimum Gasteiger partial charge on any atom is -0.362 e. The number of hydrogen-bond donors (Lipinski definition) is 1. The molecule has 0 amide bonds. The van der Waals surface area contributed by atoms with E-state index in [0.717, 1.165) is 23.4 Å². The van der Waals surface area contributed by atoms with Crippen molar-refractivity contribution in [3.8, 4) is 0 Å². The first-order chi connectivity index (χ1) is 7.25. The summed E-state index contributed by atoms with van der Waals surface area (Å²) >= 11 is 3.48. The number of aliphatic imine (C=N–C) groups is 1. The number of nitrogens with zero attached hydrogens (tertiary/aromatic N) is 2. The van der Waals surface area contributed by atoms with E-state index < -0.39 is 0 Å². The number of hydrogen-bond acceptors (Lipinski definition) is 4. The lowest BCUT2D eigenvalue weighted by molar-refractivity contribution is 0.490. The van der Waals surface area contributed by atoms with E-state index in [2.05, 4.69) is 29.1 Å². The molecule has 5 heteroatoms. The van der Waals surface area contributed by atoms with Gasteiger partial charge < -0.3 is 5.32 Å². The van der Waals surface area contributed by atoms with E-state index in [4.69, 9.17) is 0 Å². The van der Waals surface area contributed by atoms with Gasteiger partial charge in [-0.05, 0) is 12.8 Å². The molecule has 0 aromatic carbocycles. The van der Waals surface area contributed by atoms with Crippen LogP contribution in [0.25, 0.3) is 0 Å². The minimum absolute atomic E-state index is 0.534. The summed E-state index contributed by atoms with van der Waals surface area (Å²) in [5.41, 5.74) is 1.85. The van der Waals surface area contributed by atoms with Crippen LogP contribution in [0.15, 0.2) is 16.7 Å². The van der Waals surface area contributed by atoms with Crippen molar-refractivity contribution in [1.29, 1.82) is 0 Å². The molecular formula is C10H15N3S2. The van der Waals surface area contributed by atoms with Crippen molar-refractivity contribution in [2.45, 2.75) is 26.4 Å². The molecule has 1 aliphatic heterocycles. The van der Waals surface area contributed by atoms with Gasteiger partial charge in [0, 0.05) is 22.9 Å². The zero-order valence-corrected chi connectivity index (χ0v) is 10.6. The molecule has 0 spiro atoms. The van der Waals surface area contributed by atoms with Gasteiger partial charge in [-0.3, -0.25) is 9.98 Å². The van der Waals surface area contributed by atoms with Gasteiger partial charge in [-0.1, -0.05) is 18.7 Å². The van der Waals surface area contributed by atoms with E-state index >= 15 is 0 Å². The third-order valence-electron chi connectivity index (χ3n) is 2.55. The van der Waals surface area contributed by atoms with Gasteiger partial charge in [-0.25, -0.2) is 0 Å². The Hall–Kier alpha value is -0.550. The average molecular weight is 241 g/mol. The van der Waals surface area contributed by atoms with Gasteiger partial charge in [-0.15, -0.1) is 11.3 Å². The van der Waals surface area contributed by atoms with Gasteiger partial charge >= 0.3 is 0 Å². The number of thiazole rings is 1. The fourth-order valence-electron chi connectivity index (χ4n) is 1.29. The molecular weight excluding hydrogens is 226 g/mol. The zero-order valence-electron chi connectivity index (χ0n) is 8.93. The molecule has 15 heavy (non-hydrogen) atoms. The van der Waals surface area contributed by atoms with Crippen LogP contribution in [0.5, 0.6) is 0 Å². The summed E-state index contributed by atoms with van der Waals surface area (Å²) in [5, 5.41) is 4.50. The number of aromatic nitrogens is 1. The van der Waals surface area contributed by atoms with Gasteiger partial charge in [0.05, 0.1) is 12.1 Å². The molecule has 1 fully saturated rings. The predicted octanol–water partition coefficient (Wildman–Crippen LogP) is 2.36. The smallest absolute Gasteiger partial charge is 0.157 e. The summed E-state index contributed by atoms with van der Waals surface area (Å²) in [4.78, 5) is 9.80. The Kier molecular flexibility index (Phi) is 3.64. The Morgan fingerprint density at radius 2 is 2.47 bits per heavy atom. The molecule has 1 aromatic rings. The first-order valence-corrected chi connectivity index (χ1v) is 6.93. The van der Waals surface area contributed by atoms with E-state index in [-0.39, 0.29) is 0 Å². The van der Waals surface area contributed by atoms with Gasteiger partial charge in [0.1, 0.15) is 0 Å². The topological polar surface area (TPSA) is 37.3 Å². The van der Waals surface area contributed by atoms with E-state index in [1.807, 2.05) is 23.5 Å². The molecule has 0 saturated carbocycles. The summed E-state index contributed by atoms with van der Waals surface area (Å²) in [7, 11) is 0. The standard InChI is InChI=1S/C10H15N3S2/c1-7-5-14-10(13-8(7)2)12-4-9-3-11-6-15-9/h3,6-8H,4-5H2,1-2H3,(H,12,13). The summed E-state index contributed by atoms with van der Waals surface area (Å²) in [6.45, 7) is 5.23. The molecule has 0 radical (unpaired) electrons. The maximum Gasteiger partial charge on any atom is 0.157 e. The molecule has 0 aliphatic carbocycles. The molecule has 2 unspecified atom stereocenters. The van der Waals surface area contributed by atoms with Crippen LogP contribution in [0, 0.1) is 5.92 Å². The first-order valence-electron chi connectivity index (χ1n) is 5.07. The fourth-order valence-corrected chi connectivity index (χ4v) is 2.95. The molecule has 2 heterocycles. The monoisotopic (exact) mass is 241 g/mol. The quantitative estimate of drug-likeness (QED) is 0.863. The largest absolute Gasteiger partial charge is 0.362 e. The number of nitrogens with one attached hydrogen (secondary N) is 1. The van der Waals surface area contributed by atoms with Crippen molar-refractivity contribution < 1.29 is 0 Å². The predicted molar refractivity (Wildman–Crippen MR) is 67.5 cm³/mol. The molecule has 0 bridgehead atoms. The van der Waals surface area contributed by atoms with Crippen LogP contribution < -0.4 is 5.32 Å². The van der Waals surface area contributed by atoms with Gasteiger partial charge in [0.2, 0.25) is 0 Å². The lowest BCUT2D eigenvalue weighted by Crippen LogP contribution is -2.41. The van der Waals surface area contributed by atoms with Crippen LogP contribution >= 0.6 is 23.1 Å². The highest BCUT2D eigenvalue weighted by Gasteiger charge is 2.20. The Bertz CT molecular complexity index is 334. The zero-order chi connectivity index (χ0) is 10.7. The van der Waals surface area contributed by atoms with Gasteiger partial charge in [0.25, 0.3) is 0 Å². The molecule has 2 rings (SSSR count). The van der Waals surface area contributed by atoms with Crippen molar-refractivity contribution in [2.75, 3.05) is 5.75 Å². The highest BCUT2D eigenvalue weighted by Crippen LogP contribution is 2.20. The third-order valence-corrected chi connectivity index (χ3v) is 4.53. The molecule has 1 saturated heterocycles. The van der Waals surface area contributed by atoms with Gasteiger partial charge in [-0.2, -0.15) is 0 Å². The maximum absolute atomic E-state index is 4.55. The van der Waals surface area contributed by atoms with Crippen molar-refractivity contribution in [3.63, 3.8) is 0 Å². The second-order valence-corrected chi connectivity index (χ2v) is 5.79. The molecule has 3 nitrogen and oxygen atoms in total. The van der Waals surface area contributed by atoms with Crippen molar-refractivity contribution in [1.82, 2.24) is 10.3 Å². The molecule has 82 valence electrons. The minimum atomic E-state index is 0.534. The Morgan fingerprint density at radius 3 is 3.13 bits per heavy atom. The lowest BCUT2D eigenvalue weighted by Gasteiger charge is -2.28. The van der Waals surface area contributed by atoms with Crippen LogP contribution in [0.3, 0.4) is 0 Å². The summed E-state index contributed by atoms with van der Waals surface area (Å²) in [5.74, 6) is 1.88. The van der Waals surface area contributed by atoms with Gasteiger partial charge in [0.15, 0.2) is 5.17 Å². The highest BCUT2D eigenvalue weighted by atomic mass is 32.2. The Labute approximate surface area is 98.4 Å². The van der Waals surface area contributed by atoms with E-state index in [1.165, 1.54) is 4.88 Å². The Morgan fingerprint density at radius 1 is 1.60 bits per heavy atom. The molecule has 1 aliphatic rings. The van der Waals surface area contributed by atoms with Crippen LogP contribution in [0.4, 0.5) is 0 Å². The third kappa shape index (κ3) is 2.95. The summed E-state index contributed by atoms with van der Waals surface area (Å²) in [6.07, 6.45) is 1.88. The van der Waals surface area contributed by atoms with Crippen LogP contribution in [0.1, 0.15) is 18.7 Å². The molecule has 1 aromatic heterocycles. The number of rotatable bonds is 2. The number of thioether (sulfide) groups is 1. The van der Waals surface area contributed by atoms with E-state index in [0.29, 0.717) is 6.04 Å². The summed E-state index contributed by atoms with van der Waals surface area (Å²) in [6, 6.07) is 0.534. The highest BCUT2D eigenvalue weighted by molar-refractivity contribution is 8.13. The lowest BCUT2D eigenvalue weighted by atomic mass is 10.1. The normalized spacial score (nSPS) is 29.1. The Balaban J connectivity index is 1.91. The second-order valence-electron chi connectivity index (χ2n) is 3.81. The summed E-state index contributed by atoms with van der Waals surface area (Å²) < 4.78 is 0.